The number of hydrogen-bond donors (Lipinski definition) is 2. The third kappa shape index (κ3) is 7.91. The quantitative estimate of drug-likeness (QED) is 0.137. The summed E-state index contributed by atoms with van der Waals surface area (Å²) in [4.78, 5) is 52.3. The second kappa shape index (κ2) is 14.4. The molecule has 0 bridgehead atoms. The van der Waals surface area contributed by atoms with Crippen LogP contribution in [0.3, 0.4) is 0 Å². The van der Waals surface area contributed by atoms with Crippen LogP contribution >= 0.6 is 11.6 Å². The molecule has 0 saturated heterocycles. The zero-order chi connectivity index (χ0) is 34.6. The lowest BCUT2D eigenvalue weighted by atomic mass is 9.95. The van der Waals surface area contributed by atoms with E-state index in [4.69, 9.17) is 25.8 Å². The molecule has 0 saturated carbocycles. The summed E-state index contributed by atoms with van der Waals surface area (Å²) in [6.45, 7) is 6.11. The van der Waals surface area contributed by atoms with Crippen LogP contribution in [0.1, 0.15) is 61.1 Å². The van der Waals surface area contributed by atoms with Crippen LogP contribution in [0.15, 0.2) is 66.9 Å². The Balaban J connectivity index is 1.37. The Morgan fingerprint density at radius 3 is 2.25 bits per heavy atom. The average molecular weight is 675 g/mol. The first-order chi connectivity index (χ1) is 22.9. The minimum Gasteiger partial charge on any atom is -0.488 e. The van der Waals surface area contributed by atoms with Crippen molar-refractivity contribution in [1.29, 1.82) is 0 Å². The van der Waals surface area contributed by atoms with Gasteiger partial charge >= 0.3 is 12.1 Å². The van der Waals surface area contributed by atoms with Gasteiger partial charge in [-0.2, -0.15) is 0 Å². The molecule has 11 nitrogen and oxygen atoms in total. The van der Waals surface area contributed by atoms with Gasteiger partial charge in [0.25, 0.3) is 0 Å². The molecule has 4 aromatic rings. The molecule has 3 amide bonds. The maximum absolute atomic E-state index is 13.3. The number of halogens is 1. The molecule has 1 aromatic heterocycles. The highest BCUT2D eigenvalue weighted by Gasteiger charge is 2.37. The Hall–Kier alpha value is -5.03. The number of anilines is 3. The lowest BCUT2D eigenvalue weighted by molar-refractivity contribution is -0.121. The summed E-state index contributed by atoms with van der Waals surface area (Å²) in [5.41, 5.74) is 3.10. The number of carbonyl (C=O) groups is 4. The van der Waals surface area contributed by atoms with Crippen molar-refractivity contribution in [2.75, 3.05) is 35.1 Å². The standard InChI is InChI=1S/C36H39ClN4O7/c1-36(2,3)48-35(45)41-19-23(18-37)33-26-12-11-24(15-27(26)30(17-28(33)41)47-21-22-9-7-6-8-10-22)38-31(42)13-14-32(43)39-25-16-29(34(44)46-5)40(4)20-25/h6-12,15-17,20,23H,13-14,18-19,21H2,1-5H3,(H,38,42)(H,39,43). The number of fused-ring (bicyclic) bond motifs is 3. The van der Waals surface area contributed by atoms with Crippen LogP contribution in [0.2, 0.25) is 0 Å². The van der Waals surface area contributed by atoms with Crippen LogP contribution in [0.25, 0.3) is 10.8 Å². The number of nitrogens with zero attached hydrogens (tertiary/aromatic N) is 2. The number of methoxy groups -OCH3 is 1. The fourth-order valence-corrected chi connectivity index (χ4v) is 5.88. The van der Waals surface area contributed by atoms with Crippen LogP contribution in [-0.4, -0.2) is 53.6 Å². The molecule has 0 spiro atoms. The summed E-state index contributed by atoms with van der Waals surface area (Å²) in [7, 11) is 2.95. The Morgan fingerprint density at radius 1 is 0.917 bits per heavy atom. The van der Waals surface area contributed by atoms with Crippen molar-refractivity contribution in [2.24, 2.45) is 7.05 Å². The molecule has 1 atom stereocenters. The maximum atomic E-state index is 13.3. The molecule has 0 fully saturated rings. The second-order valence-corrected chi connectivity index (χ2v) is 12.9. The minimum absolute atomic E-state index is 0.0682. The predicted molar refractivity (Wildman–Crippen MR) is 185 cm³/mol. The van der Waals surface area contributed by atoms with E-state index in [0.29, 0.717) is 35.2 Å². The maximum Gasteiger partial charge on any atom is 0.414 e. The number of benzene rings is 3. The van der Waals surface area contributed by atoms with Crippen molar-refractivity contribution < 1.29 is 33.4 Å². The second-order valence-electron chi connectivity index (χ2n) is 12.6. The van der Waals surface area contributed by atoms with Crippen LogP contribution in [0.4, 0.5) is 21.9 Å². The van der Waals surface area contributed by atoms with Crippen molar-refractivity contribution in [3.63, 3.8) is 0 Å². The largest absolute Gasteiger partial charge is 0.488 e. The summed E-state index contributed by atoms with van der Waals surface area (Å²) >= 11 is 6.44. The zero-order valence-corrected chi connectivity index (χ0v) is 28.3. The van der Waals surface area contributed by atoms with Gasteiger partial charge in [0.05, 0.1) is 18.5 Å². The van der Waals surface area contributed by atoms with Crippen molar-refractivity contribution in [2.45, 2.75) is 51.7 Å². The lowest BCUT2D eigenvalue weighted by Crippen LogP contribution is -2.36. The molecular weight excluding hydrogens is 636 g/mol. The third-order valence-electron chi connectivity index (χ3n) is 7.80. The van der Waals surface area contributed by atoms with E-state index in [-0.39, 0.29) is 42.9 Å². The van der Waals surface area contributed by atoms with Gasteiger partial charge in [-0.1, -0.05) is 36.4 Å². The normalized spacial score (nSPS) is 14.0. The molecule has 252 valence electrons. The molecule has 3 aromatic carbocycles. The molecule has 0 radical (unpaired) electrons. The Morgan fingerprint density at radius 2 is 1.60 bits per heavy atom. The highest BCUT2D eigenvalue weighted by atomic mass is 35.5. The van der Waals surface area contributed by atoms with Crippen LogP contribution in [0.5, 0.6) is 5.75 Å². The topological polar surface area (TPSA) is 128 Å². The van der Waals surface area contributed by atoms with E-state index in [9.17, 15) is 19.2 Å². The third-order valence-corrected chi connectivity index (χ3v) is 8.18. The first-order valence-corrected chi connectivity index (χ1v) is 16.1. The smallest absolute Gasteiger partial charge is 0.414 e. The van der Waals surface area contributed by atoms with E-state index in [1.165, 1.54) is 13.2 Å². The number of aryl methyl sites for hydroxylation is 1. The molecule has 48 heavy (non-hydrogen) atoms. The van der Waals surface area contributed by atoms with Gasteiger partial charge in [0, 0.05) is 61.6 Å². The first kappa shape index (κ1) is 34.3. The summed E-state index contributed by atoms with van der Waals surface area (Å²) in [6, 6.07) is 18.6. The number of amides is 3. The fraction of sp³-hybridized carbons (Fsp3) is 0.333. The van der Waals surface area contributed by atoms with E-state index < -0.39 is 17.7 Å². The highest BCUT2D eigenvalue weighted by Crippen LogP contribution is 2.46. The lowest BCUT2D eigenvalue weighted by Gasteiger charge is -2.25. The van der Waals surface area contributed by atoms with Gasteiger partial charge in [0.2, 0.25) is 11.8 Å². The summed E-state index contributed by atoms with van der Waals surface area (Å²) in [5, 5.41) is 7.18. The fourth-order valence-electron chi connectivity index (χ4n) is 5.63. The molecule has 2 N–H and O–H groups in total. The van der Waals surface area contributed by atoms with Gasteiger partial charge in [-0.3, -0.25) is 14.5 Å². The van der Waals surface area contributed by atoms with Gasteiger partial charge in [-0.15, -0.1) is 11.6 Å². The van der Waals surface area contributed by atoms with E-state index in [2.05, 4.69) is 10.6 Å². The molecule has 1 aliphatic heterocycles. The van der Waals surface area contributed by atoms with E-state index in [1.54, 1.807) is 28.8 Å². The number of ether oxygens (including phenoxy) is 3. The number of hydrogen-bond acceptors (Lipinski definition) is 7. The molecule has 1 aliphatic rings. The molecule has 5 rings (SSSR count). The Bertz CT molecular complexity index is 1850. The summed E-state index contributed by atoms with van der Waals surface area (Å²) < 4.78 is 18.4. The number of carbonyl (C=O) groups excluding carboxylic acids is 4. The molecule has 12 heteroatoms. The van der Waals surface area contributed by atoms with E-state index >= 15 is 0 Å². The molecule has 2 heterocycles. The molecule has 1 unspecified atom stereocenters. The Kier molecular flexibility index (Phi) is 10.3. The van der Waals surface area contributed by atoms with Crippen LogP contribution in [0, 0.1) is 0 Å². The van der Waals surface area contributed by atoms with Crippen molar-refractivity contribution in [1.82, 2.24) is 4.57 Å². The average Bonchev–Trinajstić information content (AvgIpc) is 3.61. The Labute approximate surface area is 284 Å². The van der Waals surface area contributed by atoms with Gasteiger partial charge < -0.3 is 29.4 Å². The van der Waals surface area contributed by atoms with E-state index in [0.717, 1.165) is 21.9 Å². The van der Waals surface area contributed by atoms with Crippen molar-refractivity contribution in [3.05, 3.63) is 83.7 Å². The summed E-state index contributed by atoms with van der Waals surface area (Å²) in [6.07, 6.45) is 0.989. The van der Waals surface area contributed by atoms with Crippen LogP contribution < -0.4 is 20.3 Å². The molecular formula is C36H39ClN4O7. The van der Waals surface area contributed by atoms with Crippen LogP contribution in [-0.2, 0) is 32.7 Å². The summed E-state index contributed by atoms with van der Waals surface area (Å²) in [5.74, 6) is -0.577. The van der Waals surface area contributed by atoms with Gasteiger partial charge in [-0.25, -0.2) is 9.59 Å². The first-order valence-electron chi connectivity index (χ1n) is 15.5. The SMILES string of the molecule is COC(=O)c1cc(NC(=O)CCC(=O)Nc2ccc3c4c(cc(OCc5ccccc5)c3c2)N(C(=O)OC(C)(C)C)CC4CCl)cn1C. The number of alkyl halides is 1. The monoisotopic (exact) mass is 674 g/mol. The number of aromatic nitrogens is 1. The minimum atomic E-state index is -0.677. The van der Waals surface area contributed by atoms with Crippen molar-refractivity contribution in [3.8, 4) is 5.75 Å². The van der Waals surface area contributed by atoms with Crippen molar-refractivity contribution >= 4 is 63.3 Å². The molecule has 0 aliphatic carbocycles. The van der Waals surface area contributed by atoms with E-state index in [1.807, 2.05) is 69.3 Å². The highest BCUT2D eigenvalue weighted by molar-refractivity contribution is 6.19. The number of nitrogens with one attached hydrogen (secondary N) is 2. The van der Waals surface area contributed by atoms with Gasteiger partial charge in [-0.05, 0) is 55.5 Å². The zero-order valence-electron chi connectivity index (χ0n) is 27.6. The predicted octanol–water partition coefficient (Wildman–Crippen LogP) is 6.98. The van der Waals surface area contributed by atoms with Gasteiger partial charge in [0.15, 0.2) is 0 Å². The number of rotatable bonds is 10. The van der Waals surface area contributed by atoms with Gasteiger partial charge in [0.1, 0.15) is 23.7 Å². The number of esters is 1.